The largest absolute Gasteiger partial charge is 0.466 e. The quantitative estimate of drug-likeness (QED) is 0.516. The zero-order valence-corrected chi connectivity index (χ0v) is 12.3. The molecule has 3 heteroatoms. The van der Waals surface area contributed by atoms with E-state index in [0.29, 0.717) is 13.0 Å². The van der Waals surface area contributed by atoms with Gasteiger partial charge in [0.2, 0.25) is 0 Å². The molecule has 1 heterocycles. The summed E-state index contributed by atoms with van der Waals surface area (Å²) in [5.74, 6) is -0.0443. The van der Waals surface area contributed by atoms with E-state index in [0.717, 1.165) is 24.9 Å². The Bertz CT molecular complexity index is 233. The smallest absolute Gasteiger partial charge is 0.305 e. The first-order valence-electron chi connectivity index (χ1n) is 7.56. The zero-order chi connectivity index (χ0) is 13.4. The maximum absolute atomic E-state index is 11.2. The number of unbranched alkanes of at least 4 members (excludes halogenated alkanes) is 2. The fraction of sp³-hybridized carbons (Fsp3) is 0.933. The molecule has 1 aliphatic heterocycles. The fourth-order valence-corrected chi connectivity index (χ4v) is 2.89. The van der Waals surface area contributed by atoms with Crippen molar-refractivity contribution in [3.05, 3.63) is 0 Å². The van der Waals surface area contributed by atoms with Crippen molar-refractivity contribution in [2.75, 3.05) is 13.2 Å². The molecule has 3 nitrogen and oxygen atoms in total. The van der Waals surface area contributed by atoms with Crippen molar-refractivity contribution >= 4 is 5.97 Å². The summed E-state index contributed by atoms with van der Waals surface area (Å²) in [6, 6.07) is 1.47. The van der Waals surface area contributed by atoms with Crippen molar-refractivity contribution in [2.24, 2.45) is 0 Å². The Morgan fingerprint density at radius 1 is 1.17 bits per heavy atom. The van der Waals surface area contributed by atoms with Crippen LogP contribution >= 0.6 is 0 Å². The van der Waals surface area contributed by atoms with E-state index in [1.54, 1.807) is 0 Å². The average molecular weight is 255 g/mol. The lowest BCUT2D eigenvalue weighted by atomic mass is 9.97. The molecular formula is C15H29NO2. The SMILES string of the molecule is CCOC(=O)CCCCCN1C(C)CCCC1C. The van der Waals surface area contributed by atoms with E-state index in [9.17, 15) is 4.79 Å². The van der Waals surface area contributed by atoms with Gasteiger partial charge in [-0.2, -0.15) is 0 Å². The average Bonchev–Trinajstić information content (AvgIpc) is 2.32. The number of carbonyl (C=O) groups is 1. The number of rotatable bonds is 7. The van der Waals surface area contributed by atoms with Crippen molar-refractivity contribution < 1.29 is 9.53 Å². The Balaban J connectivity index is 2.08. The van der Waals surface area contributed by atoms with Gasteiger partial charge >= 0.3 is 5.97 Å². The number of carbonyl (C=O) groups excluding carboxylic acids is 1. The van der Waals surface area contributed by atoms with E-state index in [1.165, 1.54) is 32.2 Å². The van der Waals surface area contributed by atoms with E-state index in [1.807, 2.05) is 6.92 Å². The number of likely N-dealkylation sites (tertiary alicyclic amines) is 1. The molecule has 2 unspecified atom stereocenters. The Morgan fingerprint density at radius 3 is 2.44 bits per heavy atom. The molecular weight excluding hydrogens is 226 g/mol. The Hall–Kier alpha value is -0.570. The molecule has 2 atom stereocenters. The van der Waals surface area contributed by atoms with Crippen LogP contribution < -0.4 is 0 Å². The second-order valence-corrected chi connectivity index (χ2v) is 5.48. The highest BCUT2D eigenvalue weighted by molar-refractivity contribution is 5.69. The summed E-state index contributed by atoms with van der Waals surface area (Å²) in [5.41, 5.74) is 0. The Morgan fingerprint density at radius 2 is 1.83 bits per heavy atom. The zero-order valence-electron chi connectivity index (χ0n) is 12.3. The lowest BCUT2D eigenvalue weighted by Gasteiger charge is -2.39. The summed E-state index contributed by atoms with van der Waals surface area (Å²) in [6.45, 7) is 8.23. The molecule has 0 spiro atoms. The summed E-state index contributed by atoms with van der Waals surface area (Å²) < 4.78 is 4.92. The molecule has 0 aromatic heterocycles. The molecule has 0 aromatic rings. The molecule has 0 aliphatic carbocycles. The van der Waals surface area contributed by atoms with Gasteiger partial charge in [0.15, 0.2) is 0 Å². The summed E-state index contributed by atoms with van der Waals surface area (Å²) >= 11 is 0. The van der Waals surface area contributed by atoms with Gasteiger partial charge in [-0.3, -0.25) is 9.69 Å². The number of nitrogens with zero attached hydrogens (tertiary/aromatic N) is 1. The predicted octanol–water partition coefficient (Wildman–Crippen LogP) is 3.37. The van der Waals surface area contributed by atoms with Gasteiger partial charge in [-0.25, -0.2) is 0 Å². The molecule has 0 aromatic carbocycles. The van der Waals surface area contributed by atoms with Gasteiger partial charge in [0.05, 0.1) is 6.61 Å². The van der Waals surface area contributed by atoms with Gasteiger partial charge in [-0.15, -0.1) is 0 Å². The van der Waals surface area contributed by atoms with Gasteiger partial charge in [-0.1, -0.05) is 12.8 Å². The molecule has 0 N–H and O–H groups in total. The molecule has 0 radical (unpaired) electrons. The molecule has 0 bridgehead atoms. The highest BCUT2D eigenvalue weighted by Crippen LogP contribution is 2.22. The van der Waals surface area contributed by atoms with E-state index >= 15 is 0 Å². The van der Waals surface area contributed by atoms with Crippen LogP contribution in [0.3, 0.4) is 0 Å². The molecule has 1 rings (SSSR count). The standard InChI is InChI=1S/C15H29NO2/c1-4-18-15(17)11-6-5-7-12-16-13(2)9-8-10-14(16)3/h13-14H,4-12H2,1-3H3. The van der Waals surface area contributed by atoms with Crippen molar-refractivity contribution in [1.82, 2.24) is 4.90 Å². The third kappa shape index (κ3) is 5.38. The first-order valence-corrected chi connectivity index (χ1v) is 7.56. The van der Waals surface area contributed by atoms with Gasteiger partial charge < -0.3 is 4.74 Å². The van der Waals surface area contributed by atoms with Crippen LogP contribution in [0.25, 0.3) is 0 Å². The molecule has 106 valence electrons. The minimum atomic E-state index is -0.0443. The van der Waals surface area contributed by atoms with Gasteiger partial charge in [0.1, 0.15) is 0 Å². The van der Waals surface area contributed by atoms with Crippen molar-refractivity contribution in [3.8, 4) is 0 Å². The predicted molar refractivity (Wildman–Crippen MR) is 74.6 cm³/mol. The third-order valence-corrected chi connectivity index (χ3v) is 3.98. The lowest BCUT2D eigenvalue weighted by molar-refractivity contribution is -0.143. The Labute approximate surface area is 112 Å². The molecule has 1 fully saturated rings. The number of hydrogen-bond acceptors (Lipinski definition) is 3. The van der Waals surface area contributed by atoms with E-state index in [-0.39, 0.29) is 5.97 Å². The minimum Gasteiger partial charge on any atom is -0.466 e. The topological polar surface area (TPSA) is 29.5 Å². The van der Waals surface area contributed by atoms with Crippen LogP contribution in [0.4, 0.5) is 0 Å². The highest BCUT2D eigenvalue weighted by Gasteiger charge is 2.23. The highest BCUT2D eigenvalue weighted by atomic mass is 16.5. The maximum atomic E-state index is 11.2. The summed E-state index contributed by atoms with van der Waals surface area (Å²) in [7, 11) is 0. The van der Waals surface area contributed by atoms with Gasteiger partial charge in [0.25, 0.3) is 0 Å². The molecule has 0 saturated carbocycles. The second kappa shape index (κ2) is 8.52. The fourth-order valence-electron chi connectivity index (χ4n) is 2.89. The van der Waals surface area contributed by atoms with Crippen molar-refractivity contribution in [2.45, 2.75) is 77.8 Å². The number of piperidine rings is 1. The first-order chi connectivity index (χ1) is 8.65. The summed E-state index contributed by atoms with van der Waals surface area (Å²) in [4.78, 5) is 13.8. The summed E-state index contributed by atoms with van der Waals surface area (Å²) in [5, 5.41) is 0. The molecule has 0 amide bonds. The first kappa shape index (κ1) is 15.5. The van der Waals surface area contributed by atoms with Crippen LogP contribution in [0, 0.1) is 0 Å². The number of hydrogen-bond donors (Lipinski definition) is 0. The summed E-state index contributed by atoms with van der Waals surface area (Å²) in [6.07, 6.45) is 7.94. The van der Waals surface area contributed by atoms with Crippen LogP contribution in [0.5, 0.6) is 0 Å². The van der Waals surface area contributed by atoms with Crippen molar-refractivity contribution in [3.63, 3.8) is 0 Å². The van der Waals surface area contributed by atoms with E-state index in [2.05, 4.69) is 18.7 Å². The minimum absolute atomic E-state index is 0.0443. The Kier molecular flexibility index (Phi) is 7.33. The van der Waals surface area contributed by atoms with E-state index in [4.69, 9.17) is 4.74 Å². The maximum Gasteiger partial charge on any atom is 0.305 e. The normalized spacial score (nSPS) is 25.1. The van der Waals surface area contributed by atoms with Gasteiger partial charge in [-0.05, 0) is 53.0 Å². The second-order valence-electron chi connectivity index (χ2n) is 5.48. The van der Waals surface area contributed by atoms with Crippen molar-refractivity contribution in [1.29, 1.82) is 0 Å². The van der Waals surface area contributed by atoms with Gasteiger partial charge in [0, 0.05) is 18.5 Å². The van der Waals surface area contributed by atoms with E-state index < -0.39 is 0 Å². The molecule has 18 heavy (non-hydrogen) atoms. The van der Waals surface area contributed by atoms with Crippen LogP contribution in [0.2, 0.25) is 0 Å². The van der Waals surface area contributed by atoms with Crippen LogP contribution in [-0.2, 0) is 9.53 Å². The monoisotopic (exact) mass is 255 g/mol. The third-order valence-electron chi connectivity index (χ3n) is 3.98. The molecule has 1 saturated heterocycles. The van der Waals surface area contributed by atoms with Crippen LogP contribution in [0.1, 0.15) is 65.7 Å². The number of esters is 1. The van der Waals surface area contributed by atoms with Crippen LogP contribution in [0.15, 0.2) is 0 Å². The lowest BCUT2D eigenvalue weighted by Crippen LogP contribution is -2.44. The number of ether oxygens (including phenoxy) is 1. The molecule has 1 aliphatic rings. The van der Waals surface area contributed by atoms with Crippen LogP contribution in [-0.4, -0.2) is 36.1 Å².